The Bertz CT molecular complexity index is 479. The second-order valence-electron chi connectivity index (χ2n) is 3.29. The molecule has 1 aromatic heterocycles. The van der Waals surface area contributed by atoms with E-state index in [1.807, 2.05) is 31.2 Å². The van der Waals surface area contributed by atoms with Gasteiger partial charge < -0.3 is 10.3 Å². The quantitative estimate of drug-likeness (QED) is 0.850. The summed E-state index contributed by atoms with van der Waals surface area (Å²) in [6, 6.07) is 7.44. The van der Waals surface area contributed by atoms with Crippen LogP contribution in [0.2, 0.25) is 5.02 Å². The SMILES string of the molecule is Cc1noc(-c2cccc(Cl)c2)c1CN. The Balaban J connectivity index is 2.54. The number of hydrogen-bond acceptors (Lipinski definition) is 3. The molecular formula is C11H11ClN2O. The summed E-state index contributed by atoms with van der Waals surface area (Å²) in [6.45, 7) is 2.29. The third-order valence-electron chi connectivity index (χ3n) is 2.28. The van der Waals surface area contributed by atoms with E-state index in [-0.39, 0.29) is 0 Å². The van der Waals surface area contributed by atoms with Crippen molar-refractivity contribution in [3.05, 3.63) is 40.5 Å². The Morgan fingerprint density at radius 3 is 2.93 bits per heavy atom. The Hall–Kier alpha value is -1.32. The van der Waals surface area contributed by atoms with Crippen LogP contribution in [-0.4, -0.2) is 5.16 Å². The lowest BCUT2D eigenvalue weighted by atomic mass is 10.1. The molecule has 0 saturated carbocycles. The van der Waals surface area contributed by atoms with E-state index >= 15 is 0 Å². The van der Waals surface area contributed by atoms with Crippen molar-refractivity contribution in [2.75, 3.05) is 0 Å². The lowest BCUT2D eigenvalue weighted by molar-refractivity contribution is 0.426. The maximum Gasteiger partial charge on any atom is 0.171 e. The van der Waals surface area contributed by atoms with Gasteiger partial charge in [-0.05, 0) is 19.1 Å². The monoisotopic (exact) mass is 222 g/mol. The normalized spacial score (nSPS) is 10.6. The number of rotatable bonds is 2. The molecule has 2 N–H and O–H groups in total. The van der Waals surface area contributed by atoms with E-state index in [1.165, 1.54) is 0 Å². The molecule has 0 radical (unpaired) electrons. The van der Waals surface area contributed by atoms with E-state index in [1.54, 1.807) is 0 Å². The first-order valence-corrected chi connectivity index (χ1v) is 5.01. The van der Waals surface area contributed by atoms with E-state index < -0.39 is 0 Å². The number of benzene rings is 1. The number of nitrogens with zero attached hydrogens (tertiary/aromatic N) is 1. The van der Waals surface area contributed by atoms with Crippen molar-refractivity contribution in [2.24, 2.45) is 5.73 Å². The van der Waals surface area contributed by atoms with E-state index in [0.29, 0.717) is 17.3 Å². The fourth-order valence-electron chi connectivity index (χ4n) is 1.49. The highest BCUT2D eigenvalue weighted by Crippen LogP contribution is 2.27. The molecule has 0 fully saturated rings. The first-order chi connectivity index (χ1) is 7.22. The zero-order valence-corrected chi connectivity index (χ0v) is 9.08. The molecule has 0 atom stereocenters. The van der Waals surface area contributed by atoms with Crippen LogP contribution in [0.25, 0.3) is 11.3 Å². The molecule has 3 nitrogen and oxygen atoms in total. The topological polar surface area (TPSA) is 52.0 Å². The van der Waals surface area contributed by atoms with Crippen molar-refractivity contribution in [2.45, 2.75) is 13.5 Å². The van der Waals surface area contributed by atoms with E-state index in [2.05, 4.69) is 5.16 Å². The number of hydrogen-bond donors (Lipinski definition) is 1. The summed E-state index contributed by atoms with van der Waals surface area (Å²) in [5, 5.41) is 4.57. The summed E-state index contributed by atoms with van der Waals surface area (Å²) in [4.78, 5) is 0. The number of aryl methyl sites for hydroxylation is 1. The average Bonchev–Trinajstić information content (AvgIpc) is 2.59. The van der Waals surface area contributed by atoms with Gasteiger partial charge in [0.05, 0.1) is 5.69 Å². The Morgan fingerprint density at radius 1 is 1.47 bits per heavy atom. The number of nitrogens with two attached hydrogens (primary N) is 1. The molecule has 78 valence electrons. The number of aromatic nitrogens is 1. The molecule has 1 aromatic carbocycles. The molecule has 2 rings (SSSR count). The Morgan fingerprint density at radius 2 is 2.27 bits per heavy atom. The lowest BCUT2D eigenvalue weighted by Gasteiger charge is -1.99. The van der Waals surface area contributed by atoms with Crippen molar-refractivity contribution >= 4 is 11.6 Å². The highest BCUT2D eigenvalue weighted by Gasteiger charge is 2.13. The van der Waals surface area contributed by atoms with Crippen LogP contribution >= 0.6 is 11.6 Å². The highest BCUT2D eigenvalue weighted by molar-refractivity contribution is 6.30. The fourth-order valence-corrected chi connectivity index (χ4v) is 1.68. The third kappa shape index (κ3) is 1.89. The molecule has 15 heavy (non-hydrogen) atoms. The maximum atomic E-state index is 5.90. The predicted octanol–water partition coefficient (Wildman–Crippen LogP) is 2.76. The largest absolute Gasteiger partial charge is 0.356 e. The smallest absolute Gasteiger partial charge is 0.171 e. The highest BCUT2D eigenvalue weighted by atomic mass is 35.5. The van der Waals surface area contributed by atoms with Gasteiger partial charge in [0.25, 0.3) is 0 Å². The minimum Gasteiger partial charge on any atom is -0.356 e. The van der Waals surface area contributed by atoms with Gasteiger partial charge in [-0.2, -0.15) is 0 Å². The molecule has 1 heterocycles. The first-order valence-electron chi connectivity index (χ1n) is 4.63. The van der Waals surface area contributed by atoms with Crippen molar-refractivity contribution in [1.82, 2.24) is 5.16 Å². The van der Waals surface area contributed by atoms with Gasteiger partial charge in [-0.15, -0.1) is 0 Å². The number of halogens is 1. The first kappa shape index (κ1) is 10.2. The zero-order valence-electron chi connectivity index (χ0n) is 8.33. The van der Waals surface area contributed by atoms with E-state index in [9.17, 15) is 0 Å². The van der Waals surface area contributed by atoms with Crippen LogP contribution in [0.15, 0.2) is 28.8 Å². The standard InChI is InChI=1S/C11H11ClN2O/c1-7-10(6-13)11(15-14-7)8-3-2-4-9(12)5-8/h2-5H,6,13H2,1H3. The van der Waals surface area contributed by atoms with Crippen molar-refractivity contribution in [1.29, 1.82) is 0 Å². The summed E-state index contributed by atoms with van der Waals surface area (Å²) >= 11 is 5.90. The van der Waals surface area contributed by atoms with Crippen molar-refractivity contribution in [3.63, 3.8) is 0 Å². The van der Waals surface area contributed by atoms with Crippen molar-refractivity contribution in [3.8, 4) is 11.3 Å². The summed E-state index contributed by atoms with van der Waals surface area (Å²) in [6.07, 6.45) is 0. The molecule has 0 aliphatic carbocycles. The molecule has 0 aliphatic heterocycles. The lowest BCUT2D eigenvalue weighted by Crippen LogP contribution is -1.98. The van der Waals surface area contributed by atoms with Crippen LogP contribution in [0, 0.1) is 6.92 Å². The summed E-state index contributed by atoms with van der Waals surface area (Å²) in [5.41, 5.74) is 8.30. The van der Waals surface area contributed by atoms with Crippen LogP contribution in [0.4, 0.5) is 0 Å². The summed E-state index contributed by atoms with van der Waals surface area (Å²) in [7, 11) is 0. The zero-order chi connectivity index (χ0) is 10.8. The molecular weight excluding hydrogens is 212 g/mol. The van der Waals surface area contributed by atoms with Crippen molar-refractivity contribution < 1.29 is 4.52 Å². The van der Waals surface area contributed by atoms with Gasteiger partial charge in [-0.25, -0.2) is 0 Å². The molecule has 0 aliphatic rings. The molecule has 0 saturated heterocycles. The molecule has 0 amide bonds. The minimum atomic E-state index is 0.414. The van der Waals surface area contributed by atoms with Gasteiger partial charge in [-0.3, -0.25) is 0 Å². The third-order valence-corrected chi connectivity index (χ3v) is 2.51. The average molecular weight is 223 g/mol. The molecule has 4 heteroatoms. The fraction of sp³-hybridized carbons (Fsp3) is 0.182. The van der Waals surface area contributed by atoms with Gasteiger partial charge in [0, 0.05) is 22.7 Å². The molecule has 2 aromatic rings. The second-order valence-corrected chi connectivity index (χ2v) is 3.73. The van der Waals surface area contributed by atoms with Gasteiger partial charge in [0.2, 0.25) is 0 Å². The molecule has 0 unspecified atom stereocenters. The Kier molecular flexibility index (Phi) is 2.75. The van der Waals surface area contributed by atoms with Gasteiger partial charge >= 0.3 is 0 Å². The minimum absolute atomic E-state index is 0.414. The Labute approximate surface area is 92.8 Å². The molecule has 0 spiro atoms. The second kappa shape index (κ2) is 4.04. The van der Waals surface area contributed by atoms with Gasteiger partial charge in [0.15, 0.2) is 5.76 Å². The van der Waals surface area contributed by atoms with Crippen LogP contribution in [0.5, 0.6) is 0 Å². The van der Waals surface area contributed by atoms with Gasteiger partial charge in [-0.1, -0.05) is 28.9 Å². The van der Waals surface area contributed by atoms with Crippen LogP contribution < -0.4 is 5.73 Å². The molecule has 0 bridgehead atoms. The summed E-state index contributed by atoms with van der Waals surface area (Å²) in [5.74, 6) is 0.706. The summed E-state index contributed by atoms with van der Waals surface area (Å²) < 4.78 is 5.24. The van der Waals surface area contributed by atoms with E-state index in [4.69, 9.17) is 21.9 Å². The maximum absolute atomic E-state index is 5.90. The van der Waals surface area contributed by atoms with E-state index in [0.717, 1.165) is 16.8 Å². The van der Waals surface area contributed by atoms with Gasteiger partial charge in [0.1, 0.15) is 0 Å². The van der Waals surface area contributed by atoms with Crippen LogP contribution in [0.1, 0.15) is 11.3 Å². The predicted molar refractivity (Wildman–Crippen MR) is 59.6 cm³/mol. The van der Waals surface area contributed by atoms with Crippen LogP contribution in [-0.2, 0) is 6.54 Å². The van der Waals surface area contributed by atoms with Crippen LogP contribution in [0.3, 0.4) is 0 Å².